The number of aromatic nitrogens is 2. The van der Waals surface area contributed by atoms with Crippen LogP contribution in [0.4, 0.5) is 0 Å². The van der Waals surface area contributed by atoms with Crippen LogP contribution in [-0.2, 0) is 4.74 Å². The molecule has 2 aromatic heterocycles. The van der Waals surface area contributed by atoms with Crippen molar-refractivity contribution in [3.63, 3.8) is 0 Å². The van der Waals surface area contributed by atoms with Crippen LogP contribution < -0.4 is 4.74 Å². The molecule has 1 amide bonds. The molecule has 3 fully saturated rings. The number of hydrogen-bond donors (Lipinski definition) is 0. The van der Waals surface area contributed by atoms with Gasteiger partial charge in [0.05, 0.1) is 25.2 Å². The molecule has 3 aliphatic rings. The van der Waals surface area contributed by atoms with Gasteiger partial charge in [-0.3, -0.25) is 4.79 Å². The van der Waals surface area contributed by atoms with Crippen molar-refractivity contribution in [1.29, 1.82) is 0 Å². The Balaban J connectivity index is 1.29. The average molecular weight is 355 g/mol. The van der Waals surface area contributed by atoms with E-state index >= 15 is 0 Å². The van der Waals surface area contributed by atoms with Gasteiger partial charge in [0.15, 0.2) is 5.69 Å². The Morgan fingerprint density at radius 1 is 1.38 bits per heavy atom. The van der Waals surface area contributed by atoms with Crippen molar-refractivity contribution in [3.05, 3.63) is 41.9 Å². The van der Waals surface area contributed by atoms with Crippen molar-refractivity contribution >= 4 is 5.91 Å². The summed E-state index contributed by atoms with van der Waals surface area (Å²) in [5.41, 5.74) is 0.226. The van der Waals surface area contributed by atoms with Gasteiger partial charge in [0.25, 0.3) is 5.91 Å². The number of likely N-dealkylation sites (tertiary alicyclic amines) is 1. The quantitative estimate of drug-likeness (QED) is 0.817. The molecule has 26 heavy (non-hydrogen) atoms. The minimum Gasteiger partial charge on any atom is -0.477 e. The molecule has 7 nitrogen and oxygen atoms in total. The molecule has 1 aliphatic carbocycles. The molecule has 5 rings (SSSR count). The summed E-state index contributed by atoms with van der Waals surface area (Å²) >= 11 is 0. The van der Waals surface area contributed by atoms with Gasteiger partial charge in [0, 0.05) is 43.3 Å². The fourth-order valence-corrected chi connectivity index (χ4v) is 3.95. The number of fused-ring (bicyclic) bond motifs is 1. The number of ether oxygens (including phenoxy) is 2. The summed E-state index contributed by atoms with van der Waals surface area (Å²) in [7, 11) is 0. The van der Waals surface area contributed by atoms with Crippen LogP contribution >= 0.6 is 0 Å². The highest BCUT2D eigenvalue weighted by Gasteiger charge is 2.53. The first kappa shape index (κ1) is 15.8. The van der Waals surface area contributed by atoms with Crippen LogP contribution in [0, 0.1) is 11.3 Å². The number of carbonyl (C=O) groups excluding carboxylic acids is 1. The number of carbonyl (C=O) groups is 1. The second kappa shape index (κ2) is 6.09. The predicted molar refractivity (Wildman–Crippen MR) is 90.9 cm³/mol. The highest BCUT2D eigenvalue weighted by atomic mass is 16.5. The van der Waals surface area contributed by atoms with Crippen LogP contribution in [0.15, 0.2) is 35.0 Å². The van der Waals surface area contributed by atoms with E-state index in [0.29, 0.717) is 50.4 Å². The van der Waals surface area contributed by atoms with E-state index in [4.69, 9.17) is 14.0 Å². The summed E-state index contributed by atoms with van der Waals surface area (Å²) in [5, 5.41) is 3.99. The van der Waals surface area contributed by atoms with E-state index in [1.54, 1.807) is 6.20 Å². The third-order valence-corrected chi connectivity index (χ3v) is 5.68. The third-order valence-electron chi connectivity index (χ3n) is 5.68. The van der Waals surface area contributed by atoms with Gasteiger partial charge in [0.2, 0.25) is 5.88 Å². The molecule has 2 atom stereocenters. The van der Waals surface area contributed by atoms with Crippen molar-refractivity contribution in [2.45, 2.75) is 18.8 Å². The molecule has 1 saturated carbocycles. The molecule has 2 aromatic rings. The standard InChI is InChI=1S/C19H21N3O4/c23-18(15-7-16(26-21-15)13-4-5-13)22-8-14-9-24-11-19(14,10-22)12-25-17-3-1-2-6-20-17/h1-3,6-7,13-14H,4-5,8-12H2/t14-,19+/m0/s1. The maximum atomic E-state index is 12.9. The number of hydrogen-bond acceptors (Lipinski definition) is 6. The van der Waals surface area contributed by atoms with Gasteiger partial charge in [-0.25, -0.2) is 4.98 Å². The maximum absolute atomic E-state index is 12.9. The molecule has 0 radical (unpaired) electrons. The Labute approximate surface area is 151 Å². The van der Waals surface area contributed by atoms with Crippen molar-refractivity contribution in [2.75, 3.05) is 32.9 Å². The first-order valence-corrected chi connectivity index (χ1v) is 9.11. The molecular weight excluding hydrogens is 334 g/mol. The smallest absolute Gasteiger partial charge is 0.276 e. The Morgan fingerprint density at radius 3 is 3.12 bits per heavy atom. The molecule has 7 heteroatoms. The molecular formula is C19H21N3O4. The van der Waals surface area contributed by atoms with Crippen LogP contribution in [-0.4, -0.2) is 53.9 Å². The summed E-state index contributed by atoms with van der Waals surface area (Å²) in [6.07, 6.45) is 3.96. The monoisotopic (exact) mass is 355 g/mol. The summed E-state index contributed by atoms with van der Waals surface area (Å²) < 4.78 is 17.0. The van der Waals surface area contributed by atoms with E-state index in [9.17, 15) is 4.79 Å². The van der Waals surface area contributed by atoms with Crippen LogP contribution in [0.5, 0.6) is 5.88 Å². The Morgan fingerprint density at radius 2 is 2.31 bits per heavy atom. The lowest BCUT2D eigenvalue weighted by Crippen LogP contribution is -2.38. The molecule has 4 heterocycles. The molecule has 0 N–H and O–H groups in total. The average Bonchev–Trinajstić information content (AvgIpc) is 3.12. The predicted octanol–water partition coefficient (Wildman–Crippen LogP) is 2.11. The van der Waals surface area contributed by atoms with E-state index in [-0.39, 0.29) is 17.2 Å². The van der Waals surface area contributed by atoms with Crippen LogP contribution in [0.1, 0.15) is 35.0 Å². The van der Waals surface area contributed by atoms with Crippen molar-refractivity contribution in [1.82, 2.24) is 15.0 Å². The summed E-state index contributed by atoms with van der Waals surface area (Å²) in [4.78, 5) is 18.9. The molecule has 0 spiro atoms. The van der Waals surface area contributed by atoms with Gasteiger partial charge in [-0.05, 0) is 18.9 Å². The van der Waals surface area contributed by atoms with E-state index in [2.05, 4.69) is 10.1 Å². The Hall–Kier alpha value is -2.41. The minimum absolute atomic E-state index is 0.0627. The number of rotatable bonds is 5. The zero-order chi connectivity index (χ0) is 17.6. The largest absolute Gasteiger partial charge is 0.477 e. The zero-order valence-corrected chi connectivity index (χ0v) is 14.5. The number of nitrogens with zero attached hydrogens (tertiary/aromatic N) is 3. The lowest BCUT2D eigenvalue weighted by Gasteiger charge is -2.26. The normalized spacial score (nSPS) is 27.5. The first-order valence-electron chi connectivity index (χ1n) is 9.11. The van der Waals surface area contributed by atoms with E-state index in [1.807, 2.05) is 29.2 Å². The SMILES string of the molecule is O=C(c1cc(C2CC2)on1)N1C[C@H]2COC[C@@]2(COc2ccccn2)C1. The third kappa shape index (κ3) is 2.76. The lowest BCUT2D eigenvalue weighted by molar-refractivity contribution is 0.0647. The number of pyridine rings is 1. The fraction of sp³-hybridized carbons (Fsp3) is 0.526. The molecule has 136 valence electrons. The van der Waals surface area contributed by atoms with Gasteiger partial charge >= 0.3 is 0 Å². The molecule has 0 unspecified atom stereocenters. The van der Waals surface area contributed by atoms with Crippen molar-refractivity contribution in [3.8, 4) is 5.88 Å². The Kier molecular flexibility index (Phi) is 3.70. The van der Waals surface area contributed by atoms with Gasteiger partial charge in [0.1, 0.15) is 5.76 Å². The minimum atomic E-state index is -0.184. The van der Waals surface area contributed by atoms with E-state index in [1.165, 1.54) is 0 Å². The summed E-state index contributed by atoms with van der Waals surface area (Å²) in [6, 6.07) is 7.40. The topological polar surface area (TPSA) is 77.7 Å². The fourth-order valence-electron chi connectivity index (χ4n) is 3.95. The second-order valence-corrected chi connectivity index (χ2v) is 7.61. The zero-order valence-electron chi connectivity index (χ0n) is 14.5. The van der Waals surface area contributed by atoms with Crippen LogP contribution in [0.3, 0.4) is 0 Å². The van der Waals surface area contributed by atoms with Crippen LogP contribution in [0.2, 0.25) is 0 Å². The highest BCUT2D eigenvalue weighted by molar-refractivity contribution is 5.92. The van der Waals surface area contributed by atoms with Crippen LogP contribution in [0.25, 0.3) is 0 Å². The van der Waals surface area contributed by atoms with E-state index in [0.717, 1.165) is 18.6 Å². The number of amides is 1. The van der Waals surface area contributed by atoms with Gasteiger partial charge in [-0.1, -0.05) is 11.2 Å². The summed E-state index contributed by atoms with van der Waals surface area (Å²) in [6.45, 7) is 3.01. The van der Waals surface area contributed by atoms with Gasteiger partial charge < -0.3 is 18.9 Å². The Bertz CT molecular complexity index is 804. The lowest BCUT2D eigenvalue weighted by atomic mass is 9.82. The van der Waals surface area contributed by atoms with E-state index < -0.39 is 0 Å². The van der Waals surface area contributed by atoms with Crippen molar-refractivity contribution in [2.24, 2.45) is 11.3 Å². The molecule has 2 saturated heterocycles. The highest BCUT2D eigenvalue weighted by Crippen LogP contribution is 2.43. The molecule has 2 aliphatic heterocycles. The molecule has 0 aromatic carbocycles. The van der Waals surface area contributed by atoms with Crippen molar-refractivity contribution < 1.29 is 18.8 Å². The second-order valence-electron chi connectivity index (χ2n) is 7.61. The molecule has 0 bridgehead atoms. The first-order chi connectivity index (χ1) is 12.7. The maximum Gasteiger partial charge on any atom is 0.276 e. The van der Waals surface area contributed by atoms with Gasteiger partial charge in [-0.2, -0.15) is 0 Å². The summed E-state index contributed by atoms with van der Waals surface area (Å²) in [5.74, 6) is 2.10. The van der Waals surface area contributed by atoms with Gasteiger partial charge in [-0.15, -0.1) is 0 Å².